The zero-order valence-electron chi connectivity index (χ0n) is 34.3. The molecule has 0 aromatic heterocycles. The van der Waals surface area contributed by atoms with Gasteiger partial charge in [0.15, 0.2) is 0 Å². The van der Waals surface area contributed by atoms with Gasteiger partial charge in [-0.2, -0.15) is 0 Å². The minimum atomic E-state index is 0.786. The summed E-state index contributed by atoms with van der Waals surface area (Å²) in [6, 6.07) is 0. The molecule has 0 atom stereocenters. The van der Waals surface area contributed by atoms with Crippen molar-refractivity contribution in [3.05, 3.63) is 0 Å². The van der Waals surface area contributed by atoms with Crippen molar-refractivity contribution in [1.29, 1.82) is 0 Å². The van der Waals surface area contributed by atoms with Crippen LogP contribution in [-0.4, -0.2) is 0 Å². The second kappa shape index (κ2) is 26.0. The van der Waals surface area contributed by atoms with Crippen molar-refractivity contribution in [3.63, 3.8) is 0 Å². The van der Waals surface area contributed by atoms with Gasteiger partial charge in [0.05, 0.1) is 0 Å². The molecule has 0 N–H and O–H groups in total. The molecular formula is C44H92. The third kappa shape index (κ3) is 16.7. The number of fused-ring (bicyclic) bond motifs is 3. The Bertz CT molecular complexity index is 566. The average molecular weight is 621 g/mol. The zero-order valence-corrected chi connectivity index (χ0v) is 34.3. The quantitative estimate of drug-likeness (QED) is 0.293. The Morgan fingerprint density at radius 3 is 0.955 bits per heavy atom. The van der Waals surface area contributed by atoms with Crippen molar-refractivity contribution in [2.45, 2.75) is 226 Å². The van der Waals surface area contributed by atoms with E-state index >= 15 is 0 Å². The first-order valence-electron chi connectivity index (χ1n) is 21.1. The Balaban J connectivity index is 0. The lowest BCUT2D eigenvalue weighted by Gasteiger charge is -2.55. The lowest BCUT2D eigenvalue weighted by atomic mass is 9.50. The van der Waals surface area contributed by atoms with E-state index < -0.39 is 0 Å². The van der Waals surface area contributed by atoms with E-state index in [4.69, 9.17) is 0 Å². The van der Waals surface area contributed by atoms with Crippen LogP contribution in [0.15, 0.2) is 0 Å². The van der Waals surface area contributed by atoms with Gasteiger partial charge >= 0.3 is 0 Å². The maximum Gasteiger partial charge on any atom is -0.0274 e. The summed E-state index contributed by atoms with van der Waals surface area (Å²) in [5.74, 6) is 8.14. The van der Waals surface area contributed by atoms with Gasteiger partial charge in [-0.15, -0.1) is 0 Å². The van der Waals surface area contributed by atoms with Crippen LogP contribution in [0, 0.1) is 58.2 Å². The van der Waals surface area contributed by atoms with Crippen molar-refractivity contribution in [1.82, 2.24) is 0 Å². The maximum atomic E-state index is 2.42. The topological polar surface area (TPSA) is 0 Å². The molecule has 7 aliphatic carbocycles. The molecule has 1 spiro atoms. The van der Waals surface area contributed by atoms with Crippen LogP contribution >= 0.6 is 0 Å². The molecule has 0 radical (unpaired) electrons. The third-order valence-corrected chi connectivity index (χ3v) is 12.3. The molecule has 0 aromatic carbocycles. The SMILES string of the molecule is CC.CC.CC.CC.CC(C)C12CCC(CC1)CC2.CC(C)C1CC1.CC(C)C1CC2(CCC2)C1.CC(C)C1CCCCC1. The number of rotatable bonds is 4. The molecule has 0 unspecified atom stereocenters. The second-order valence-electron chi connectivity index (χ2n) is 16.0. The summed E-state index contributed by atoms with van der Waals surface area (Å²) in [7, 11) is 0. The first kappa shape index (κ1) is 46.1. The molecule has 0 amide bonds. The van der Waals surface area contributed by atoms with Crippen LogP contribution in [0.2, 0.25) is 0 Å². The van der Waals surface area contributed by atoms with E-state index in [9.17, 15) is 0 Å². The average Bonchev–Trinajstić information content (AvgIpc) is 3.88. The van der Waals surface area contributed by atoms with Gasteiger partial charge in [-0.25, -0.2) is 0 Å². The molecule has 0 heteroatoms. The lowest BCUT2D eigenvalue weighted by Crippen LogP contribution is -2.44. The summed E-state index contributed by atoms with van der Waals surface area (Å²) >= 11 is 0. The molecule has 0 nitrogen and oxygen atoms in total. The van der Waals surface area contributed by atoms with Crippen LogP contribution in [0.25, 0.3) is 0 Å². The van der Waals surface area contributed by atoms with Crippen LogP contribution in [0.3, 0.4) is 0 Å². The number of hydrogen-bond acceptors (Lipinski definition) is 0. The van der Waals surface area contributed by atoms with E-state index in [-0.39, 0.29) is 0 Å². The lowest BCUT2D eigenvalue weighted by molar-refractivity contribution is -0.0435. The first-order chi connectivity index (χ1) is 21.1. The van der Waals surface area contributed by atoms with Gasteiger partial charge < -0.3 is 0 Å². The Morgan fingerprint density at radius 1 is 0.386 bits per heavy atom. The molecule has 7 rings (SSSR count). The Hall–Kier alpha value is 0. The van der Waals surface area contributed by atoms with E-state index in [0.717, 1.165) is 58.2 Å². The van der Waals surface area contributed by atoms with Crippen molar-refractivity contribution in [2.24, 2.45) is 58.2 Å². The van der Waals surface area contributed by atoms with E-state index in [1.54, 1.807) is 25.7 Å². The van der Waals surface area contributed by atoms with Crippen LogP contribution < -0.4 is 0 Å². The van der Waals surface area contributed by atoms with Crippen LogP contribution in [-0.2, 0) is 0 Å². The summed E-state index contributed by atoms with van der Waals surface area (Å²) in [6.07, 6.45) is 27.4. The number of hydrogen-bond donors (Lipinski definition) is 0. The summed E-state index contributed by atoms with van der Waals surface area (Å²) < 4.78 is 0. The molecule has 7 saturated carbocycles. The molecule has 268 valence electrons. The maximum absolute atomic E-state index is 2.42. The van der Waals surface area contributed by atoms with Gasteiger partial charge in [0, 0.05) is 0 Å². The molecule has 0 aromatic rings. The van der Waals surface area contributed by atoms with Gasteiger partial charge in [-0.3, -0.25) is 0 Å². The fraction of sp³-hybridized carbons (Fsp3) is 1.00. The largest absolute Gasteiger partial charge is 0.0683 e. The summed E-state index contributed by atoms with van der Waals surface area (Å²) in [6.45, 7) is 34.9. The zero-order chi connectivity index (χ0) is 34.3. The fourth-order valence-electron chi connectivity index (χ4n) is 8.32. The standard InChI is InChI=1S/C11H20.C10H18.C9H18.C6H12.4C2H6/c1-9(2)11-6-3-10(4-7-11)5-8-11;1-8(2)9-6-10(7-9)4-3-5-10;1-8(2)9-6-4-3-5-7-9;1-5(2)6-3-4-6;4*1-2/h9-10H,3-8H2,1-2H3;8-9H,3-7H2,1-2H3;8-9H,3-7H2,1-2H3;5-6H,3-4H2,1-2H3;4*1-2H3. The molecule has 7 aliphatic rings. The van der Waals surface area contributed by atoms with Gasteiger partial charge in [-0.1, -0.05) is 149 Å². The predicted molar refractivity (Wildman–Crippen MR) is 207 cm³/mol. The summed E-state index contributed by atoms with van der Waals surface area (Å²) in [5, 5.41) is 0. The van der Waals surface area contributed by atoms with Crippen LogP contribution in [0.1, 0.15) is 226 Å². The Morgan fingerprint density at radius 2 is 0.750 bits per heavy atom. The molecule has 0 saturated heterocycles. The van der Waals surface area contributed by atoms with Gasteiger partial charge in [0.1, 0.15) is 0 Å². The molecule has 2 bridgehead atoms. The van der Waals surface area contributed by atoms with Crippen molar-refractivity contribution in [2.75, 3.05) is 0 Å². The smallest absolute Gasteiger partial charge is 0.0274 e. The normalized spacial score (nSPS) is 26.0. The third-order valence-electron chi connectivity index (χ3n) is 12.3. The van der Waals surface area contributed by atoms with Gasteiger partial charge in [0.25, 0.3) is 0 Å². The fourth-order valence-corrected chi connectivity index (χ4v) is 8.32. The van der Waals surface area contributed by atoms with E-state index in [1.165, 1.54) is 89.9 Å². The van der Waals surface area contributed by atoms with Crippen molar-refractivity contribution >= 4 is 0 Å². The highest BCUT2D eigenvalue weighted by molar-refractivity contribution is 4.99. The van der Waals surface area contributed by atoms with E-state index in [2.05, 4.69) is 55.4 Å². The highest BCUT2D eigenvalue weighted by Crippen LogP contribution is 2.60. The second-order valence-corrected chi connectivity index (χ2v) is 16.0. The molecule has 0 aliphatic heterocycles. The summed E-state index contributed by atoms with van der Waals surface area (Å²) in [5.41, 5.74) is 1.68. The van der Waals surface area contributed by atoms with Crippen LogP contribution in [0.5, 0.6) is 0 Å². The van der Waals surface area contributed by atoms with Crippen molar-refractivity contribution < 1.29 is 0 Å². The molecule has 44 heavy (non-hydrogen) atoms. The van der Waals surface area contributed by atoms with E-state index in [0.29, 0.717) is 0 Å². The molecule has 0 heterocycles. The first-order valence-corrected chi connectivity index (χ1v) is 21.1. The van der Waals surface area contributed by atoms with E-state index in [1.807, 2.05) is 55.4 Å². The van der Waals surface area contributed by atoms with Crippen LogP contribution in [0.4, 0.5) is 0 Å². The monoisotopic (exact) mass is 621 g/mol. The predicted octanol–water partition coefficient (Wildman–Crippen LogP) is 16.2. The minimum absolute atomic E-state index is 0.786. The minimum Gasteiger partial charge on any atom is -0.0683 e. The molecule has 7 fully saturated rings. The highest BCUT2D eigenvalue weighted by Gasteiger charge is 2.48. The van der Waals surface area contributed by atoms with Crippen molar-refractivity contribution in [3.8, 4) is 0 Å². The van der Waals surface area contributed by atoms with Gasteiger partial charge in [-0.05, 0) is 135 Å². The van der Waals surface area contributed by atoms with Gasteiger partial charge in [0.2, 0.25) is 0 Å². The Kier molecular flexibility index (Phi) is 27.3. The highest BCUT2D eigenvalue weighted by atomic mass is 14.5. The molecular weight excluding hydrogens is 528 g/mol. The Labute approximate surface area is 283 Å². The summed E-state index contributed by atoms with van der Waals surface area (Å²) in [4.78, 5) is 0.